The Morgan fingerprint density at radius 3 is 1.35 bits per heavy atom. The van der Waals surface area contributed by atoms with Crippen molar-refractivity contribution < 1.29 is 58.9 Å². The number of nitrogens with one attached hydrogen (secondary N) is 4. The van der Waals surface area contributed by atoms with E-state index in [0.717, 1.165) is 46.0 Å². The van der Waals surface area contributed by atoms with E-state index in [1.165, 1.54) is 0 Å². The van der Waals surface area contributed by atoms with Crippen LogP contribution in [0.5, 0.6) is 23.0 Å². The molecule has 4 saturated heterocycles. The highest BCUT2D eigenvalue weighted by Gasteiger charge is 2.37. The van der Waals surface area contributed by atoms with E-state index in [-0.39, 0.29) is 47.2 Å². The smallest absolute Gasteiger partial charge is 0.308 e. The summed E-state index contributed by atoms with van der Waals surface area (Å²) in [6.07, 6.45) is 0. The van der Waals surface area contributed by atoms with Gasteiger partial charge in [-0.2, -0.15) is 0 Å². The zero-order chi connectivity index (χ0) is 45.5. The minimum Gasteiger partial charge on any atom is -0.508 e. The molecule has 0 bridgehead atoms. The average Bonchev–Trinajstić information content (AvgIpc) is 4.15. The van der Waals surface area contributed by atoms with Gasteiger partial charge in [-0.25, -0.2) is 0 Å². The molecule has 4 fully saturated rings. The fourth-order valence-corrected chi connectivity index (χ4v) is 8.60. The molecule has 8 atom stereocenters. The van der Waals surface area contributed by atoms with Crippen LogP contribution in [0.25, 0.3) is 0 Å². The first-order valence-electron chi connectivity index (χ1n) is 20.8. The van der Waals surface area contributed by atoms with Gasteiger partial charge in [0.05, 0.1) is 45.0 Å². The second kappa shape index (κ2) is 23.3. The molecule has 8 unspecified atom stereocenters. The summed E-state index contributed by atoms with van der Waals surface area (Å²) in [5.41, 5.74) is 3.77. The zero-order valence-corrected chi connectivity index (χ0v) is 35.6. The highest BCUT2D eigenvalue weighted by molar-refractivity contribution is 5.74. The topological polar surface area (TPSA) is 245 Å². The number of hydrogen-bond acceptors (Lipinski definition) is 12. The van der Waals surface area contributed by atoms with E-state index < -0.39 is 29.8 Å². The van der Waals surface area contributed by atoms with Crippen molar-refractivity contribution in [2.24, 2.45) is 23.7 Å². The molecule has 63 heavy (non-hydrogen) atoms. The van der Waals surface area contributed by atoms with Crippen LogP contribution in [0, 0.1) is 23.7 Å². The number of hydrogen-bond donors (Lipinski definition) is 9. The predicted molar refractivity (Wildman–Crippen MR) is 234 cm³/mol. The Morgan fingerprint density at radius 2 is 0.873 bits per heavy atom. The van der Waals surface area contributed by atoms with Crippen LogP contribution in [0.15, 0.2) is 97.1 Å². The number of carboxylic acids is 4. The Kier molecular flexibility index (Phi) is 17.7. The fourth-order valence-electron chi connectivity index (χ4n) is 8.60. The molecule has 0 radical (unpaired) electrons. The summed E-state index contributed by atoms with van der Waals surface area (Å²) in [6, 6.07) is 29.8. The maximum atomic E-state index is 11.1. The number of methoxy groups -OCH3 is 3. The number of phenolic OH excluding ortho intramolecular Hbond substituents is 1. The number of aromatic hydroxyl groups is 1. The molecule has 0 aromatic heterocycles. The zero-order valence-electron chi connectivity index (χ0n) is 35.6. The molecule has 0 spiro atoms. The molecule has 4 aliphatic rings. The Bertz CT molecular complexity index is 2140. The Hall–Kier alpha value is -6.20. The van der Waals surface area contributed by atoms with Crippen LogP contribution in [0.3, 0.4) is 0 Å². The van der Waals surface area contributed by atoms with Crippen LogP contribution in [0.4, 0.5) is 0 Å². The molecule has 4 aliphatic heterocycles. The van der Waals surface area contributed by atoms with Crippen molar-refractivity contribution in [1.29, 1.82) is 0 Å². The minimum atomic E-state index is -0.812. The van der Waals surface area contributed by atoms with Gasteiger partial charge in [0.15, 0.2) is 0 Å². The standard InChI is InChI=1S/3C12H15NO3.C11H13NO3/c1-16-9-4-2-8(3-5-9)10-6-13-7-11(10)12(14)15;1-16-9-4-2-3-8(5-9)10-6-13-7-11(10)12(14)15;1-16-11-5-3-2-4-8(11)9-6-13-7-10(9)12(14)15;13-10-4-2-1-3-7(10)8-5-12-6-9(8)11(14)15/h2*2-5,10-11,13H,6-7H2,1H3,(H,14,15);2-5,9-10,13H,6-7H2,1H3,(H,14,15);1-4,8-9,12-13H,5-6H2,(H,14,15). The lowest BCUT2D eigenvalue weighted by Crippen LogP contribution is -2.21. The van der Waals surface area contributed by atoms with Crippen molar-refractivity contribution in [3.63, 3.8) is 0 Å². The molecule has 4 aromatic carbocycles. The van der Waals surface area contributed by atoms with Gasteiger partial charge in [0.2, 0.25) is 0 Å². The van der Waals surface area contributed by atoms with Gasteiger partial charge in [0.1, 0.15) is 23.0 Å². The van der Waals surface area contributed by atoms with E-state index in [1.807, 2.05) is 78.9 Å². The molecule has 338 valence electrons. The van der Waals surface area contributed by atoms with E-state index >= 15 is 0 Å². The maximum Gasteiger partial charge on any atom is 0.308 e. The number of aliphatic carboxylic acids is 4. The summed E-state index contributed by atoms with van der Waals surface area (Å²) < 4.78 is 15.5. The van der Waals surface area contributed by atoms with Gasteiger partial charge in [0.25, 0.3) is 0 Å². The second-order valence-corrected chi connectivity index (χ2v) is 15.7. The average molecular weight is 871 g/mol. The van der Waals surface area contributed by atoms with E-state index in [2.05, 4.69) is 21.3 Å². The summed E-state index contributed by atoms with van der Waals surface area (Å²) in [4.78, 5) is 44.2. The first kappa shape index (κ1) is 47.8. The van der Waals surface area contributed by atoms with Crippen molar-refractivity contribution >= 4 is 23.9 Å². The van der Waals surface area contributed by atoms with Gasteiger partial charge in [-0.15, -0.1) is 0 Å². The molecular formula is C47H58N4O12. The van der Waals surface area contributed by atoms with E-state index in [0.29, 0.717) is 45.8 Å². The van der Waals surface area contributed by atoms with E-state index in [1.54, 1.807) is 39.5 Å². The van der Waals surface area contributed by atoms with Crippen molar-refractivity contribution in [3.05, 3.63) is 119 Å². The Morgan fingerprint density at radius 1 is 0.444 bits per heavy atom. The molecule has 16 nitrogen and oxygen atoms in total. The van der Waals surface area contributed by atoms with Crippen molar-refractivity contribution in [2.45, 2.75) is 23.7 Å². The van der Waals surface area contributed by atoms with Crippen molar-refractivity contribution in [3.8, 4) is 23.0 Å². The Labute approximate surface area is 366 Å². The molecule has 4 aromatic rings. The Balaban J connectivity index is 0.000000158. The van der Waals surface area contributed by atoms with Gasteiger partial charge in [0, 0.05) is 76.0 Å². The summed E-state index contributed by atoms with van der Waals surface area (Å²) in [5.74, 6) is -2.05. The predicted octanol–water partition coefficient (Wildman–Crippen LogP) is 4.03. The largest absolute Gasteiger partial charge is 0.508 e. The van der Waals surface area contributed by atoms with Crippen LogP contribution >= 0.6 is 0 Å². The highest BCUT2D eigenvalue weighted by Crippen LogP contribution is 2.36. The monoisotopic (exact) mass is 870 g/mol. The van der Waals surface area contributed by atoms with Gasteiger partial charge >= 0.3 is 23.9 Å². The fraction of sp³-hybridized carbons (Fsp3) is 0.404. The molecule has 0 saturated carbocycles. The summed E-state index contributed by atoms with van der Waals surface area (Å²) in [6.45, 7) is 4.81. The molecule has 0 aliphatic carbocycles. The summed E-state index contributed by atoms with van der Waals surface area (Å²) >= 11 is 0. The van der Waals surface area contributed by atoms with Gasteiger partial charge < -0.3 is 61.0 Å². The number of carbonyl (C=O) groups is 4. The second-order valence-electron chi connectivity index (χ2n) is 15.7. The normalized spacial score (nSPS) is 24.6. The van der Waals surface area contributed by atoms with Gasteiger partial charge in [-0.1, -0.05) is 60.7 Å². The SMILES string of the molecule is COc1ccc(C2CNCC2C(=O)O)cc1.COc1cccc(C2CNCC2C(=O)O)c1.COc1ccccc1C1CNCC1C(=O)O.O=C(O)C1CNCC1c1ccccc1O. The third-order valence-corrected chi connectivity index (χ3v) is 12.1. The molecular weight excluding hydrogens is 813 g/mol. The number of ether oxygens (including phenoxy) is 3. The highest BCUT2D eigenvalue weighted by atomic mass is 16.5. The third-order valence-electron chi connectivity index (χ3n) is 12.1. The van der Waals surface area contributed by atoms with Crippen LogP contribution in [-0.2, 0) is 19.2 Å². The molecule has 16 heteroatoms. The molecule has 8 rings (SSSR count). The van der Waals surface area contributed by atoms with Crippen LogP contribution in [0.1, 0.15) is 45.9 Å². The molecule has 0 amide bonds. The number of phenols is 1. The number of rotatable bonds is 11. The summed E-state index contributed by atoms with van der Waals surface area (Å²) in [7, 11) is 4.84. The molecule has 4 heterocycles. The third kappa shape index (κ3) is 12.5. The van der Waals surface area contributed by atoms with Crippen LogP contribution in [0.2, 0.25) is 0 Å². The van der Waals surface area contributed by atoms with Crippen LogP contribution in [-0.4, -0.2) is 123 Å². The first-order chi connectivity index (χ1) is 30.4. The number of carboxylic acid groups (broad SMARTS) is 4. The van der Waals surface area contributed by atoms with E-state index in [9.17, 15) is 24.3 Å². The first-order valence-corrected chi connectivity index (χ1v) is 20.8. The lowest BCUT2D eigenvalue weighted by atomic mass is 9.88. The molecule has 9 N–H and O–H groups in total. The van der Waals surface area contributed by atoms with E-state index in [4.69, 9.17) is 34.6 Å². The maximum absolute atomic E-state index is 11.1. The van der Waals surface area contributed by atoms with Crippen molar-refractivity contribution in [1.82, 2.24) is 21.3 Å². The quantitative estimate of drug-likeness (QED) is 0.103. The lowest BCUT2D eigenvalue weighted by Gasteiger charge is -2.17. The summed E-state index contributed by atoms with van der Waals surface area (Å²) in [5, 5.41) is 58.4. The number of para-hydroxylation sites is 2. The minimum absolute atomic E-state index is 0.00588. The number of benzene rings is 4. The van der Waals surface area contributed by atoms with Crippen LogP contribution < -0.4 is 35.5 Å². The van der Waals surface area contributed by atoms with Gasteiger partial charge in [-0.3, -0.25) is 19.2 Å². The van der Waals surface area contributed by atoms with Crippen molar-refractivity contribution in [2.75, 3.05) is 73.7 Å². The van der Waals surface area contributed by atoms with Gasteiger partial charge in [-0.05, 0) is 58.7 Å². The lowest BCUT2D eigenvalue weighted by molar-refractivity contribution is -0.142.